The molecule has 1 aromatic carbocycles. The van der Waals surface area contributed by atoms with Crippen LogP contribution in [-0.4, -0.2) is 26.2 Å². The molecule has 0 aromatic heterocycles. The lowest BCUT2D eigenvalue weighted by Gasteiger charge is -2.21. The number of rotatable bonds is 5. The molecule has 0 spiro atoms. The molecular weight excluding hydrogens is 252 g/mol. The first-order valence-corrected chi connectivity index (χ1v) is 7.26. The van der Waals surface area contributed by atoms with Gasteiger partial charge < -0.3 is 10.8 Å². The lowest BCUT2D eigenvalue weighted by atomic mass is 10.1. The van der Waals surface area contributed by atoms with Gasteiger partial charge in [0.25, 0.3) is 0 Å². The van der Waals surface area contributed by atoms with Crippen molar-refractivity contribution in [2.24, 2.45) is 5.92 Å². The SMILES string of the molecule is Cc1cccc(N)c1S(=O)(=O)NC(CO)C(C)C. The van der Waals surface area contributed by atoms with Gasteiger partial charge in [0, 0.05) is 6.04 Å². The zero-order chi connectivity index (χ0) is 13.9. The molecule has 1 rings (SSSR count). The number of hydrogen-bond acceptors (Lipinski definition) is 4. The molecule has 102 valence electrons. The maximum absolute atomic E-state index is 12.2. The Bertz CT molecular complexity index is 492. The largest absolute Gasteiger partial charge is 0.398 e. The molecular formula is C12H20N2O3S. The fourth-order valence-electron chi connectivity index (χ4n) is 1.68. The summed E-state index contributed by atoms with van der Waals surface area (Å²) in [6.07, 6.45) is 0. The Labute approximate surface area is 108 Å². The van der Waals surface area contributed by atoms with Crippen LogP contribution in [0.25, 0.3) is 0 Å². The number of benzene rings is 1. The van der Waals surface area contributed by atoms with Crippen LogP contribution in [-0.2, 0) is 10.0 Å². The van der Waals surface area contributed by atoms with Gasteiger partial charge in [-0.25, -0.2) is 13.1 Å². The van der Waals surface area contributed by atoms with Gasteiger partial charge in [-0.05, 0) is 24.5 Å². The van der Waals surface area contributed by atoms with E-state index >= 15 is 0 Å². The van der Waals surface area contributed by atoms with E-state index in [9.17, 15) is 13.5 Å². The summed E-state index contributed by atoms with van der Waals surface area (Å²) < 4.78 is 27.0. The van der Waals surface area contributed by atoms with Crippen LogP contribution in [0.5, 0.6) is 0 Å². The Morgan fingerprint density at radius 3 is 2.44 bits per heavy atom. The van der Waals surface area contributed by atoms with Crippen LogP contribution in [0, 0.1) is 12.8 Å². The van der Waals surface area contributed by atoms with E-state index in [0.29, 0.717) is 5.56 Å². The highest BCUT2D eigenvalue weighted by Gasteiger charge is 2.25. The number of nitrogen functional groups attached to an aromatic ring is 1. The number of aliphatic hydroxyl groups excluding tert-OH is 1. The Hall–Kier alpha value is -1.11. The molecule has 0 aliphatic rings. The zero-order valence-electron chi connectivity index (χ0n) is 10.8. The summed E-state index contributed by atoms with van der Waals surface area (Å²) in [5.74, 6) is -0.00461. The van der Waals surface area contributed by atoms with Crippen molar-refractivity contribution in [3.05, 3.63) is 23.8 Å². The van der Waals surface area contributed by atoms with Crippen LogP contribution in [0.15, 0.2) is 23.1 Å². The van der Waals surface area contributed by atoms with Crippen molar-refractivity contribution in [2.75, 3.05) is 12.3 Å². The van der Waals surface area contributed by atoms with Gasteiger partial charge in [0.2, 0.25) is 10.0 Å². The Balaban J connectivity index is 3.15. The third-order valence-corrected chi connectivity index (χ3v) is 4.53. The minimum atomic E-state index is -3.71. The number of nitrogens with one attached hydrogen (secondary N) is 1. The second kappa shape index (κ2) is 5.69. The van der Waals surface area contributed by atoms with Crippen molar-refractivity contribution in [3.63, 3.8) is 0 Å². The molecule has 6 heteroatoms. The summed E-state index contributed by atoms with van der Waals surface area (Å²) in [7, 11) is -3.71. The molecule has 0 aliphatic heterocycles. The Kier molecular flexibility index (Phi) is 4.72. The average Bonchev–Trinajstić information content (AvgIpc) is 2.25. The van der Waals surface area contributed by atoms with Gasteiger partial charge in [0.15, 0.2) is 0 Å². The standard InChI is InChI=1S/C12H20N2O3S/c1-8(2)11(7-15)14-18(16,17)12-9(3)5-4-6-10(12)13/h4-6,8,11,14-15H,7,13H2,1-3H3. The van der Waals surface area contributed by atoms with Crippen molar-refractivity contribution in [1.29, 1.82) is 0 Å². The predicted molar refractivity (Wildman–Crippen MR) is 71.6 cm³/mol. The molecule has 0 fully saturated rings. The van der Waals surface area contributed by atoms with Crippen LogP contribution < -0.4 is 10.5 Å². The number of anilines is 1. The molecule has 0 bridgehead atoms. The molecule has 0 amide bonds. The van der Waals surface area contributed by atoms with E-state index < -0.39 is 16.1 Å². The first kappa shape index (κ1) is 14.9. The second-order valence-corrected chi connectivity index (χ2v) is 6.30. The Morgan fingerprint density at radius 2 is 2.00 bits per heavy atom. The summed E-state index contributed by atoms with van der Waals surface area (Å²) in [6, 6.07) is 4.42. The highest BCUT2D eigenvalue weighted by atomic mass is 32.2. The highest BCUT2D eigenvalue weighted by molar-refractivity contribution is 7.89. The quantitative estimate of drug-likeness (QED) is 0.694. The lowest BCUT2D eigenvalue weighted by molar-refractivity contribution is 0.227. The molecule has 1 atom stereocenters. The van der Waals surface area contributed by atoms with E-state index in [4.69, 9.17) is 5.73 Å². The van der Waals surface area contributed by atoms with Crippen molar-refractivity contribution in [1.82, 2.24) is 4.72 Å². The van der Waals surface area contributed by atoms with Gasteiger partial charge in [-0.15, -0.1) is 0 Å². The summed E-state index contributed by atoms with van der Waals surface area (Å²) in [6.45, 7) is 5.12. The summed E-state index contributed by atoms with van der Waals surface area (Å²) in [4.78, 5) is 0.0871. The van der Waals surface area contributed by atoms with Crippen molar-refractivity contribution in [2.45, 2.75) is 31.7 Å². The van der Waals surface area contributed by atoms with E-state index in [0.717, 1.165) is 0 Å². The van der Waals surface area contributed by atoms with Gasteiger partial charge in [-0.3, -0.25) is 0 Å². The van der Waals surface area contributed by atoms with E-state index in [2.05, 4.69) is 4.72 Å². The average molecular weight is 272 g/mol. The molecule has 5 nitrogen and oxygen atoms in total. The van der Waals surface area contributed by atoms with Crippen LogP contribution >= 0.6 is 0 Å². The third-order valence-electron chi connectivity index (χ3n) is 2.82. The van der Waals surface area contributed by atoms with E-state index in [-0.39, 0.29) is 23.1 Å². The van der Waals surface area contributed by atoms with Crippen molar-refractivity contribution in [3.8, 4) is 0 Å². The van der Waals surface area contributed by atoms with Crippen molar-refractivity contribution >= 4 is 15.7 Å². The summed E-state index contributed by atoms with van der Waals surface area (Å²) >= 11 is 0. The van der Waals surface area contributed by atoms with Gasteiger partial charge in [-0.1, -0.05) is 26.0 Å². The second-order valence-electron chi connectivity index (χ2n) is 4.65. The lowest BCUT2D eigenvalue weighted by Crippen LogP contribution is -2.41. The van der Waals surface area contributed by atoms with Crippen molar-refractivity contribution < 1.29 is 13.5 Å². The van der Waals surface area contributed by atoms with Gasteiger partial charge >= 0.3 is 0 Å². The van der Waals surface area contributed by atoms with Crippen LogP contribution in [0.1, 0.15) is 19.4 Å². The number of aryl methyl sites for hydroxylation is 1. The normalized spacial score (nSPS) is 13.8. The molecule has 0 saturated heterocycles. The van der Waals surface area contributed by atoms with Gasteiger partial charge in [-0.2, -0.15) is 0 Å². The maximum Gasteiger partial charge on any atom is 0.243 e. The minimum Gasteiger partial charge on any atom is -0.398 e. The third kappa shape index (κ3) is 3.22. The monoisotopic (exact) mass is 272 g/mol. The molecule has 1 aromatic rings. The predicted octanol–water partition coefficient (Wildman–Crippen LogP) is 0.872. The Morgan fingerprint density at radius 1 is 1.39 bits per heavy atom. The fraction of sp³-hybridized carbons (Fsp3) is 0.500. The zero-order valence-corrected chi connectivity index (χ0v) is 11.7. The van der Waals surface area contributed by atoms with Crippen LogP contribution in [0.4, 0.5) is 5.69 Å². The molecule has 18 heavy (non-hydrogen) atoms. The first-order chi connectivity index (χ1) is 8.29. The van der Waals surface area contributed by atoms with E-state index in [1.54, 1.807) is 25.1 Å². The first-order valence-electron chi connectivity index (χ1n) is 5.78. The molecule has 0 heterocycles. The molecule has 1 unspecified atom stereocenters. The number of nitrogens with two attached hydrogens (primary N) is 1. The summed E-state index contributed by atoms with van der Waals surface area (Å²) in [5, 5.41) is 9.19. The number of aliphatic hydroxyl groups is 1. The molecule has 0 saturated carbocycles. The van der Waals surface area contributed by atoms with E-state index in [1.807, 2.05) is 13.8 Å². The van der Waals surface area contributed by atoms with Gasteiger partial charge in [0.1, 0.15) is 4.90 Å². The highest BCUT2D eigenvalue weighted by Crippen LogP contribution is 2.22. The topological polar surface area (TPSA) is 92.4 Å². The number of sulfonamides is 1. The molecule has 4 N–H and O–H groups in total. The molecule has 0 aliphatic carbocycles. The minimum absolute atomic E-state index is 0.00461. The van der Waals surface area contributed by atoms with Gasteiger partial charge in [0.05, 0.1) is 12.3 Å². The van der Waals surface area contributed by atoms with Crippen LogP contribution in [0.3, 0.4) is 0 Å². The maximum atomic E-state index is 12.2. The van der Waals surface area contributed by atoms with E-state index in [1.165, 1.54) is 0 Å². The fourth-order valence-corrected chi connectivity index (χ4v) is 3.42. The smallest absolute Gasteiger partial charge is 0.243 e. The molecule has 0 radical (unpaired) electrons. The van der Waals surface area contributed by atoms with Crippen LogP contribution in [0.2, 0.25) is 0 Å². The summed E-state index contributed by atoms with van der Waals surface area (Å²) in [5.41, 5.74) is 6.52. The number of hydrogen-bond donors (Lipinski definition) is 3.